The number of hydrogen-bond donors (Lipinski definition) is 0. The third-order valence-electron chi connectivity index (χ3n) is 5.61. The lowest BCUT2D eigenvalue weighted by Gasteiger charge is -2.45. The Balaban J connectivity index is 2.77. The molecule has 6 heteroatoms. The maximum Gasteiger partial charge on any atom is 0.333 e. The van der Waals surface area contributed by atoms with Crippen LogP contribution in [0.1, 0.15) is 80.6 Å². The average Bonchev–Trinajstić information content (AvgIpc) is 2.53. The van der Waals surface area contributed by atoms with Crippen molar-refractivity contribution in [3.8, 4) is 0 Å². The fourth-order valence-corrected chi connectivity index (χ4v) is 4.67. The van der Waals surface area contributed by atoms with Crippen LogP contribution in [0.4, 0.5) is 0 Å². The number of rotatable bonds is 8. The Morgan fingerprint density at radius 2 is 1.86 bits per heavy atom. The minimum Gasteiger partial charge on any atom is -0.460 e. The summed E-state index contributed by atoms with van der Waals surface area (Å²) in [5.74, 6) is -0.394. The molecule has 29 heavy (non-hydrogen) atoms. The van der Waals surface area contributed by atoms with Gasteiger partial charge in [0.15, 0.2) is 0 Å². The maximum atomic E-state index is 13.0. The van der Waals surface area contributed by atoms with Gasteiger partial charge in [0, 0.05) is 17.5 Å². The van der Waals surface area contributed by atoms with Gasteiger partial charge in [0.25, 0.3) is 0 Å². The quantitative estimate of drug-likeness (QED) is 0.258. The number of hydrogen-bond acceptors (Lipinski definition) is 5. The van der Waals surface area contributed by atoms with Gasteiger partial charge in [0.1, 0.15) is 6.61 Å². The Hall–Kier alpha value is -1.94. The SMILES string of the molecule is C=C(C)C(=O)OCCN(C(=O)CCC1(C)CC(N=C=O)CC(C)(C)C1)C(C)(C)C. The summed E-state index contributed by atoms with van der Waals surface area (Å²) in [5.41, 5.74) is -0.0111. The summed E-state index contributed by atoms with van der Waals surface area (Å²) >= 11 is 0. The summed E-state index contributed by atoms with van der Waals surface area (Å²) in [7, 11) is 0. The van der Waals surface area contributed by atoms with E-state index >= 15 is 0 Å². The lowest BCUT2D eigenvalue weighted by Crippen LogP contribution is -2.48. The minimum atomic E-state index is -0.440. The number of isocyanates is 1. The van der Waals surface area contributed by atoms with Crippen molar-refractivity contribution in [3.63, 3.8) is 0 Å². The zero-order valence-electron chi connectivity index (χ0n) is 19.3. The van der Waals surface area contributed by atoms with Crippen molar-refractivity contribution in [1.29, 1.82) is 0 Å². The predicted octanol–water partition coefficient (Wildman–Crippen LogP) is 4.43. The van der Waals surface area contributed by atoms with Crippen molar-refractivity contribution < 1.29 is 19.1 Å². The lowest BCUT2D eigenvalue weighted by molar-refractivity contribution is -0.144. The van der Waals surface area contributed by atoms with Crippen LogP contribution in [0.3, 0.4) is 0 Å². The summed E-state index contributed by atoms with van der Waals surface area (Å²) in [4.78, 5) is 41.2. The fourth-order valence-electron chi connectivity index (χ4n) is 4.67. The lowest BCUT2D eigenvalue weighted by atomic mass is 9.61. The molecule has 2 unspecified atom stereocenters. The van der Waals surface area contributed by atoms with E-state index in [-0.39, 0.29) is 34.9 Å². The third kappa shape index (κ3) is 8.14. The van der Waals surface area contributed by atoms with Gasteiger partial charge >= 0.3 is 5.97 Å². The maximum absolute atomic E-state index is 13.0. The van der Waals surface area contributed by atoms with Gasteiger partial charge in [-0.3, -0.25) is 4.79 Å². The summed E-state index contributed by atoms with van der Waals surface area (Å²) in [6.07, 6.45) is 5.51. The van der Waals surface area contributed by atoms with E-state index in [0.29, 0.717) is 18.5 Å². The van der Waals surface area contributed by atoms with Crippen LogP contribution < -0.4 is 0 Å². The van der Waals surface area contributed by atoms with Crippen molar-refractivity contribution in [2.24, 2.45) is 15.8 Å². The van der Waals surface area contributed by atoms with Gasteiger partial charge in [-0.05, 0) is 64.2 Å². The number of nitrogens with zero attached hydrogens (tertiary/aromatic N) is 2. The molecule has 0 spiro atoms. The number of ether oxygens (including phenoxy) is 1. The number of carbonyl (C=O) groups excluding carboxylic acids is 3. The molecular formula is C23H38N2O4. The minimum absolute atomic E-state index is 0.0309. The first-order valence-corrected chi connectivity index (χ1v) is 10.4. The highest BCUT2D eigenvalue weighted by Crippen LogP contribution is 2.49. The molecule has 1 rings (SSSR count). The summed E-state index contributed by atoms with van der Waals surface area (Å²) < 4.78 is 5.18. The van der Waals surface area contributed by atoms with E-state index < -0.39 is 5.97 Å². The number of amides is 1. The molecule has 1 amide bonds. The highest BCUT2D eigenvalue weighted by atomic mass is 16.5. The summed E-state index contributed by atoms with van der Waals surface area (Å²) in [6.45, 7) is 18.2. The van der Waals surface area contributed by atoms with Crippen molar-refractivity contribution in [1.82, 2.24) is 4.90 Å². The van der Waals surface area contributed by atoms with E-state index in [1.807, 2.05) is 20.8 Å². The molecule has 0 heterocycles. The molecule has 1 aliphatic carbocycles. The summed E-state index contributed by atoms with van der Waals surface area (Å²) in [6, 6.07) is -0.0309. The first-order valence-electron chi connectivity index (χ1n) is 10.4. The van der Waals surface area contributed by atoms with E-state index in [1.54, 1.807) is 17.9 Å². The standard InChI is InChI=1S/C23H38N2O4/c1-17(2)20(28)29-12-11-25(21(3,4)5)19(27)9-10-23(8)14-18(24-16-26)13-22(6,7)15-23/h18H,1,9-15H2,2-8H3. The highest BCUT2D eigenvalue weighted by Gasteiger charge is 2.41. The third-order valence-corrected chi connectivity index (χ3v) is 5.61. The van der Waals surface area contributed by atoms with E-state index in [2.05, 4.69) is 32.3 Å². The molecule has 0 aliphatic heterocycles. The average molecular weight is 407 g/mol. The Bertz CT molecular complexity index is 671. The van der Waals surface area contributed by atoms with Crippen molar-refractivity contribution in [2.75, 3.05) is 13.2 Å². The zero-order valence-corrected chi connectivity index (χ0v) is 19.3. The largest absolute Gasteiger partial charge is 0.460 e. The molecule has 0 aromatic heterocycles. The van der Waals surface area contributed by atoms with E-state index in [4.69, 9.17) is 4.74 Å². The predicted molar refractivity (Wildman–Crippen MR) is 114 cm³/mol. The Labute approximate surface area is 175 Å². The van der Waals surface area contributed by atoms with Crippen LogP contribution in [0.15, 0.2) is 17.1 Å². The fraction of sp³-hybridized carbons (Fsp3) is 0.783. The highest BCUT2D eigenvalue weighted by molar-refractivity contribution is 5.87. The van der Waals surface area contributed by atoms with Gasteiger partial charge in [0.2, 0.25) is 12.0 Å². The first kappa shape index (κ1) is 25.1. The zero-order chi connectivity index (χ0) is 22.5. The summed E-state index contributed by atoms with van der Waals surface area (Å²) in [5, 5.41) is 0. The number of carbonyl (C=O) groups is 2. The molecule has 2 atom stereocenters. The smallest absolute Gasteiger partial charge is 0.333 e. The van der Waals surface area contributed by atoms with Gasteiger partial charge in [-0.1, -0.05) is 27.4 Å². The molecule has 0 N–H and O–H groups in total. The molecule has 0 radical (unpaired) electrons. The second-order valence-corrected chi connectivity index (χ2v) is 10.6. The molecular weight excluding hydrogens is 368 g/mol. The van der Waals surface area contributed by atoms with Crippen LogP contribution in [0.25, 0.3) is 0 Å². The van der Waals surface area contributed by atoms with E-state index in [9.17, 15) is 14.4 Å². The van der Waals surface area contributed by atoms with Crippen LogP contribution in [0, 0.1) is 10.8 Å². The van der Waals surface area contributed by atoms with E-state index in [0.717, 1.165) is 25.7 Å². The van der Waals surface area contributed by atoms with Gasteiger partial charge in [0.05, 0.1) is 12.6 Å². The van der Waals surface area contributed by atoms with Gasteiger partial charge < -0.3 is 9.64 Å². The molecule has 0 bridgehead atoms. The Morgan fingerprint density at radius 1 is 1.24 bits per heavy atom. The van der Waals surface area contributed by atoms with Crippen molar-refractivity contribution in [2.45, 2.75) is 92.2 Å². The van der Waals surface area contributed by atoms with Crippen LogP contribution in [0.5, 0.6) is 0 Å². The Kier molecular flexibility index (Phi) is 8.40. The topological polar surface area (TPSA) is 76.0 Å². The monoisotopic (exact) mass is 406 g/mol. The molecule has 0 aromatic carbocycles. The van der Waals surface area contributed by atoms with Crippen molar-refractivity contribution >= 4 is 18.0 Å². The number of esters is 1. The van der Waals surface area contributed by atoms with Gasteiger partial charge in [-0.2, -0.15) is 0 Å². The van der Waals surface area contributed by atoms with Gasteiger partial charge in [-0.15, -0.1) is 0 Å². The van der Waals surface area contributed by atoms with E-state index in [1.165, 1.54) is 0 Å². The number of aliphatic imine (C=N–C) groups is 1. The second kappa shape index (κ2) is 9.71. The Morgan fingerprint density at radius 3 is 2.38 bits per heavy atom. The molecule has 1 aliphatic rings. The van der Waals surface area contributed by atoms with Gasteiger partial charge in [-0.25, -0.2) is 14.6 Å². The van der Waals surface area contributed by atoms with Crippen LogP contribution in [-0.4, -0.2) is 47.6 Å². The van der Waals surface area contributed by atoms with Crippen LogP contribution in [0.2, 0.25) is 0 Å². The second-order valence-electron chi connectivity index (χ2n) is 10.6. The normalized spacial score (nSPS) is 23.6. The van der Waals surface area contributed by atoms with Crippen molar-refractivity contribution in [3.05, 3.63) is 12.2 Å². The van der Waals surface area contributed by atoms with Crippen LogP contribution in [-0.2, 0) is 19.1 Å². The molecule has 0 saturated heterocycles. The molecule has 1 saturated carbocycles. The first-order chi connectivity index (χ1) is 13.2. The molecule has 164 valence electrons. The van der Waals surface area contributed by atoms with Crippen LogP contribution >= 0.6 is 0 Å². The molecule has 0 aromatic rings. The molecule has 1 fully saturated rings. The molecule has 6 nitrogen and oxygen atoms in total.